The van der Waals surface area contributed by atoms with E-state index in [2.05, 4.69) is 33.9 Å². The maximum absolute atomic E-state index is 12.6. The smallest absolute Gasteiger partial charge is 0.413 e. The van der Waals surface area contributed by atoms with Crippen LogP contribution in [0, 0.1) is 0 Å². The van der Waals surface area contributed by atoms with Crippen LogP contribution < -0.4 is 0 Å². The lowest BCUT2D eigenvalue weighted by molar-refractivity contribution is -0.125. The molecule has 0 fully saturated rings. The monoisotopic (exact) mass is 391 g/mol. The summed E-state index contributed by atoms with van der Waals surface area (Å²) in [5, 5.41) is 10.2. The maximum Gasteiger partial charge on any atom is 0.413 e. The molecule has 6 nitrogen and oxygen atoms in total. The van der Waals surface area contributed by atoms with Crippen LogP contribution in [0.1, 0.15) is 26.3 Å². The summed E-state index contributed by atoms with van der Waals surface area (Å²) in [5.41, 5.74) is 0.827. The van der Waals surface area contributed by atoms with Crippen molar-refractivity contribution >= 4 is 20.2 Å². The number of aliphatic hydroxyl groups is 1. The summed E-state index contributed by atoms with van der Waals surface area (Å²) in [7, 11) is -2.11. The van der Waals surface area contributed by atoms with E-state index in [1.165, 1.54) is 12.2 Å². The third-order valence-electron chi connectivity index (χ3n) is 5.21. The number of rotatable bonds is 5. The molecule has 1 aromatic carbocycles. The number of nitrogens with zero attached hydrogens (tertiary/aromatic N) is 1. The van der Waals surface area contributed by atoms with E-state index in [9.17, 15) is 14.7 Å². The minimum absolute atomic E-state index is 0.0299. The van der Waals surface area contributed by atoms with Crippen molar-refractivity contribution in [3.05, 3.63) is 48.0 Å². The van der Waals surface area contributed by atoms with Crippen molar-refractivity contribution < 1.29 is 23.9 Å². The molecule has 27 heavy (non-hydrogen) atoms. The topological polar surface area (TPSA) is 76.1 Å². The summed E-state index contributed by atoms with van der Waals surface area (Å²) >= 11 is 0. The van der Waals surface area contributed by atoms with Crippen molar-refractivity contribution in [3.8, 4) is 0 Å². The first-order chi connectivity index (χ1) is 12.5. The predicted octanol–water partition coefficient (Wildman–Crippen LogP) is 3.47. The molecule has 1 aromatic rings. The highest BCUT2D eigenvalue weighted by Crippen LogP contribution is 2.36. The molecule has 0 aliphatic carbocycles. The van der Waals surface area contributed by atoms with E-state index in [1.54, 1.807) is 0 Å². The highest BCUT2D eigenvalue weighted by molar-refractivity contribution is 6.74. The van der Waals surface area contributed by atoms with Crippen LogP contribution in [0.3, 0.4) is 0 Å². The van der Waals surface area contributed by atoms with Gasteiger partial charge in [0, 0.05) is 0 Å². The van der Waals surface area contributed by atoms with Gasteiger partial charge in [-0.25, -0.2) is 4.79 Å². The minimum atomic E-state index is -2.11. The molecular formula is C20H29NO5Si. The summed E-state index contributed by atoms with van der Waals surface area (Å²) in [6.07, 6.45) is 0.618. The lowest BCUT2D eigenvalue weighted by Crippen LogP contribution is -2.56. The van der Waals surface area contributed by atoms with Crippen molar-refractivity contribution in [3.63, 3.8) is 0 Å². The zero-order chi connectivity index (χ0) is 20.2. The summed E-state index contributed by atoms with van der Waals surface area (Å²) in [4.78, 5) is 26.0. The summed E-state index contributed by atoms with van der Waals surface area (Å²) in [6.45, 7) is 10.6. The molecule has 0 spiro atoms. The fraction of sp³-hybridized carbons (Fsp3) is 0.500. The van der Waals surface area contributed by atoms with Gasteiger partial charge in [-0.1, -0.05) is 51.1 Å². The van der Waals surface area contributed by atoms with Gasteiger partial charge < -0.3 is 14.3 Å². The van der Waals surface area contributed by atoms with Gasteiger partial charge >= 0.3 is 6.09 Å². The minimum Gasteiger partial charge on any atom is -0.444 e. The lowest BCUT2D eigenvalue weighted by Gasteiger charge is -2.40. The highest BCUT2D eigenvalue weighted by atomic mass is 28.4. The molecule has 1 aliphatic rings. The number of benzene rings is 1. The van der Waals surface area contributed by atoms with E-state index in [-0.39, 0.29) is 24.0 Å². The molecule has 7 heteroatoms. The van der Waals surface area contributed by atoms with E-state index in [0.717, 1.165) is 10.5 Å². The number of aliphatic hydroxyl groups excluding tert-OH is 1. The van der Waals surface area contributed by atoms with Crippen LogP contribution in [-0.4, -0.2) is 49.1 Å². The van der Waals surface area contributed by atoms with Crippen molar-refractivity contribution in [2.45, 2.75) is 57.8 Å². The molecule has 1 aliphatic heterocycles. The van der Waals surface area contributed by atoms with Crippen molar-refractivity contribution in [1.29, 1.82) is 0 Å². The van der Waals surface area contributed by atoms with Crippen molar-refractivity contribution in [2.24, 2.45) is 0 Å². The Morgan fingerprint density at radius 3 is 2.44 bits per heavy atom. The first kappa shape index (κ1) is 21.3. The third-order valence-corrected chi connectivity index (χ3v) is 9.71. The molecule has 0 bridgehead atoms. The molecular weight excluding hydrogens is 362 g/mol. The largest absolute Gasteiger partial charge is 0.444 e. The van der Waals surface area contributed by atoms with Gasteiger partial charge in [-0.3, -0.25) is 9.69 Å². The van der Waals surface area contributed by atoms with Crippen LogP contribution >= 0.6 is 0 Å². The van der Waals surface area contributed by atoms with Gasteiger partial charge in [-0.2, -0.15) is 0 Å². The molecule has 1 unspecified atom stereocenters. The average molecular weight is 392 g/mol. The number of hydrogen-bond donors (Lipinski definition) is 1. The highest BCUT2D eigenvalue weighted by Gasteiger charge is 2.41. The molecule has 1 amide bonds. The molecule has 0 aromatic heterocycles. The molecule has 1 N–H and O–H groups in total. The Hall–Kier alpha value is -1.96. The number of ether oxygens (including phenoxy) is 1. The Kier molecular flexibility index (Phi) is 6.62. The Morgan fingerprint density at radius 1 is 1.22 bits per heavy atom. The first-order valence-electron chi connectivity index (χ1n) is 9.06. The van der Waals surface area contributed by atoms with Gasteiger partial charge in [-0.05, 0) is 35.8 Å². The van der Waals surface area contributed by atoms with E-state index < -0.39 is 26.7 Å². The standard InChI is InChI=1S/C20H29NO5Si/c1-20(2,3)27(4,5)26-14-16-17(22)11-12-18(23)21(16)19(24)25-13-15-9-7-6-8-10-15/h6-12,16,18,23H,13-14H2,1-5H3/t16-,18?/m1/s1. The predicted molar refractivity (Wildman–Crippen MR) is 106 cm³/mol. The van der Waals surface area contributed by atoms with Gasteiger partial charge in [0.05, 0.1) is 6.61 Å². The zero-order valence-electron chi connectivity index (χ0n) is 16.6. The van der Waals surface area contributed by atoms with Crippen LogP contribution in [0.15, 0.2) is 42.5 Å². The third kappa shape index (κ3) is 5.28. The van der Waals surface area contributed by atoms with E-state index in [1.807, 2.05) is 30.3 Å². The zero-order valence-corrected chi connectivity index (χ0v) is 17.6. The fourth-order valence-electron chi connectivity index (χ4n) is 2.40. The number of carbonyl (C=O) groups excluding carboxylic acids is 2. The number of carbonyl (C=O) groups is 2. The van der Waals surface area contributed by atoms with Crippen LogP contribution in [0.25, 0.3) is 0 Å². The first-order valence-corrected chi connectivity index (χ1v) is 12.0. The lowest BCUT2D eigenvalue weighted by atomic mass is 10.1. The Morgan fingerprint density at radius 2 is 1.85 bits per heavy atom. The summed E-state index contributed by atoms with van der Waals surface area (Å²) in [5.74, 6) is -0.282. The molecule has 2 rings (SSSR count). The number of ketones is 1. The van der Waals surface area contributed by atoms with Crippen LogP contribution in [0.5, 0.6) is 0 Å². The maximum atomic E-state index is 12.6. The SMILES string of the molecule is CC(C)(C)[Si](C)(C)OC[C@@H]1C(=O)C=CC(O)N1C(=O)OCc1ccccc1. The van der Waals surface area contributed by atoms with E-state index in [4.69, 9.17) is 9.16 Å². The molecule has 0 saturated carbocycles. The normalized spacial score (nSPS) is 20.7. The quantitative estimate of drug-likeness (QED) is 0.778. The van der Waals surface area contributed by atoms with Gasteiger partial charge in [0.15, 0.2) is 20.3 Å². The Bertz CT molecular complexity index is 696. The second kappa shape index (κ2) is 8.37. The number of hydrogen-bond acceptors (Lipinski definition) is 5. The summed E-state index contributed by atoms with van der Waals surface area (Å²) < 4.78 is 11.4. The van der Waals surface area contributed by atoms with Crippen molar-refractivity contribution in [2.75, 3.05) is 6.61 Å². The van der Waals surface area contributed by atoms with E-state index >= 15 is 0 Å². The van der Waals surface area contributed by atoms with Gasteiger partial charge in [-0.15, -0.1) is 0 Å². The second-order valence-electron chi connectivity index (χ2n) is 8.21. The molecule has 0 saturated heterocycles. The summed E-state index contributed by atoms with van der Waals surface area (Å²) in [6, 6.07) is 8.34. The van der Waals surface area contributed by atoms with Gasteiger partial charge in [0.1, 0.15) is 12.6 Å². The molecule has 0 radical (unpaired) electrons. The van der Waals surface area contributed by atoms with Gasteiger partial charge in [0.25, 0.3) is 0 Å². The van der Waals surface area contributed by atoms with Crippen LogP contribution in [-0.2, 0) is 20.6 Å². The fourth-order valence-corrected chi connectivity index (χ4v) is 3.41. The van der Waals surface area contributed by atoms with Crippen LogP contribution in [0.4, 0.5) is 4.79 Å². The Labute approximate surface area is 161 Å². The molecule has 2 atom stereocenters. The van der Waals surface area contributed by atoms with Crippen LogP contribution in [0.2, 0.25) is 18.1 Å². The number of amides is 1. The van der Waals surface area contributed by atoms with Crippen molar-refractivity contribution in [1.82, 2.24) is 4.90 Å². The molecule has 1 heterocycles. The average Bonchev–Trinajstić information content (AvgIpc) is 2.60. The Balaban J connectivity index is 2.09. The second-order valence-corrected chi connectivity index (χ2v) is 13.0. The van der Waals surface area contributed by atoms with Gasteiger partial charge in [0.2, 0.25) is 0 Å². The molecule has 148 valence electrons. The van der Waals surface area contributed by atoms with E-state index in [0.29, 0.717) is 0 Å².